The number of pyridine rings is 1. The smallest absolute Gasteiger partial charge is 0.258 e. The normalized spacial score (nSPS) is 21.5. The van der Waals surface area contributed by atoms with E-state index in [0.717, 1.165) is 12.5 Å². The summed E-state index contributed by atoms with van der Waals surface area (Å²) in [6.45, 7) is 2.85. The maximum Gasteiger partial charge on any atom is 0.258 e. The summed E-state index contributed by atoms with van der Waals surface area (Å²) in [7, 11) is 1.69. The number of nitrogens with zero attached hydrogens (tertiary/aromatic N) is 2. The summed E-state index contributed by atoms with van der Waals surface area (Å²) in [4.78, 5) is 18.0. The monoisotopic (exact) mass is 353 g/mol. The molecule has 0 spiro atoms. The molecule has 1 aromatic heterocycles. The fraction of sp³-hybridized carbons (Fsp3) is 0.429. The molecule has 4 rings (SSSR count). The Labute approximate surface area is 153 Å². The van der Waals surface area contributed by atoms with Crippen molar-refractivity contribution in [2.45, 2.75) is 38.1 Å². The number of carbonyl (C=O) groups is 1. The van der Waals surface area contributed by atoms with Gasteiger partial charge in [0.25, 0.3) is 5.91 Å². The van der Waals surface area contributed by atoms with Crippen LogP contribution in [0.1, 0.15) is 46.8 Å². The van der Waals surface area contributed by atoms with Crippen LogP contribution in [0.4, 0.5) is 10.1 Å². The standard InChI is InChI=1S/C21H24FN3O/c1-13-19(9-10-20(22)24-13)25(2)21(26)16-7-5-15(6-8-16)17-11-18(17)23-12-14-3-4-14/h5-10,14,17-18,23H,3-4,11-12H2,1-2H3/t17-,18+/m0/s1. The first-order valence-electron chi connectivity index (χ1n) is 9.27. The SMILES string of the molecule is Cc1nc(F)ccc1N(C)C(=O)c1ccc([C@@H]2C[C@H]2NCC2CC2)cc1. The lowest BCUT2D eigenvalue weighted by molar-refractivity contribution is 0.0992. The molecule has 0 unspecified atom stereocenters. The highest BCUT2D eigenvalue weighted by atomic mass is 19.1. The third kappa shape index (κ3) is 3.63. The highest BCUT2D eigenvalue weighted by molar-refractivity contribution is 6.06. The topological polar surface area (TPSA) is 45.2 Å². The Morgan fingerprint density at radius 2 is 1.96 bits per heavy atom. The first kappa shape index (κ1) is 17.2. The van der Waals surface area contributed by atoms with Gasteiger partial charge in [0.05, 0.1) is 11.4 Å². The molecule has 0 radical (unpaired) electrons. The van der Waals surface area contributed by atoms with Gasteiger partial charge in [-0.3, -0.25) is 4.79 Å². The van der Waals surface area contributed by atoms with E-state index in [9.17, 15) is 9.18 Å². The summed E-state index contributed by atoms with van der Waals surface area (Å²) < 4.78 is 13.2. The molecule has 4 nitrogen and oxygen atoms in total. The molecule has 2 saturated carbocycles. The Kier molecular flexibility index (Phi) is 4.49. The first-order chi connectivity index (χ1) is 12.5. The molecule has 5 heteroatoms. The van der Waals surface area contributed by atoms with Crippen LogP contribution in [0.2, 0.25) is 0 Å². The number of hydrogen-bond donors (Lipinski definition) is 1. The van der Waals surface area contributed by atoms with Crippen LogP contribution >= 0.6 is 0 Å². The van der Waals surface area contributed by atoms with Gasteiger partial charge in [0.15, 0.2) is 0 Å². The second kappa shape index (κ2) is 6.80. The lowest BCUT2D eigenvalue weighted by Gasteiger charge is -2.19. The number of aromatic nitrogens is 1. The molecular formula is C21H24FN3O. The Morgan fingerprint density at radius 1 is 1.23 bits per heavy atom. The van der Waals surface area contributed by atoms with E-state index >= 15 is 0 Å². The van der Waals surface area contributed by atoms with Crippen molar-refractivity contribution in [3.8, 4) is 0 Å². The van der Waals surface area contributed by atoms with Crippen molar-refractivity contribution in [2.75, 3.05) is 18.5 Å². The summed E-state index contributed by atoms with van der Waals surface area (Å²) in [5.41, 5.74) is 3.03. The van der Waals surface area contributed by atoms with Crippen LogP contribution in [-0.4, -0.2) is 30.5 Å². The molecule has 1 amide bonds. The van der Waals surface area contributed by atoms with Gasteiger partial charge in [-0.1, -0.05) is 12.1 Å². The number of anilines is 1. The van der Waals surface area contributed by atoms with E-state index in [1.54, 1.807) is 20.0 Å². The molecule has 0 saturated heterocycles. The van der Waals surface area contributed by atoms with Crippen LogP contribution in [0.5, 0.6) is 0 Å². The van der Waals surface area contributed by atoms with Gasteiger partial charge in [-0.15, -0.1) is 0 Å². The Balaban J connectivity index is 1.40. The number of halogens is 1. The van der Waals surface area contributed by atoms with Crippen molar-refractivity contribution < 1.29 is 9.18 Å². The van der Waals surface area contributed by atoms with E-state index in [0.29, 0.717) is 28.9 Å². The summed E-state index contributed by atoms with van der Waals surface area (Å²) >= 11 is 0. The maximum absolute atomic E-state index is 13.2. The molecule has 2 fully saturated rings. The number of benzene rings is 1. The number of aryl methyl sites for hydroxylation is 1. The lowest BCUT2D eigenvalue weighted by Crippen LogP contribution is -2.27. The predicted molar refractivity (Wildman–Crippen MR) is 100.0 cm³/mol. The van der Waals surface area contributed by atoms with Crippen LogP contribution in [-0.2, 0) is 0 Å². The average Bonchev–Trinajstić information content (AvgIpc) is 3.53. The summed E-state index contributed by atoms with van der Waals surface area (Å²) in [5.74, 6) is 0.813. The average molecular weight is 353 g/mol. The third-order valence-corrected chi connectivity index (χ3v) is 5.43. The minimum absolute atomic E-state index is 0.118. The molecular weight excluding hydrogens is 329 g/mol. The molecule has 2 aromatic rings. The van der Waals surface area contributed by atoms with Crippen LogP contribution in [0.3, 0.4) is 0 Å². The molecule has 136 valence electrons. The van der Waals surface area contributed by atoms with Gasteiger partial charge in [0.2, 0.25) is 5.95 Å². The van der Waals surface area contributed by atoms with Crippen molar-refractivity contribution in [1.29, 1.82) is 0 Å². The molecule has 2 aliphatic rings. The van der Waals surface area contributed by atoms with Crippen LogP contribution in [0.25, 0.3) is 0 Å². The van der Waals surface area contributed by atoms with Gasteiger partial charge in [-0.2, -0.15) is 4.39 Å². The summed E-state index contributed by atoms with van der Waals surface area (Å²) in [6, 6.07) is 11.3. The highest BCUT2D eigenvalue weighted by Gasteiger charge is 2.38. The van der Waals surface area contributed by atoms with Gasteiger partial charge in [0, 0.05) is 24.6 Å². The Hall–Kier alpha value is -2.27. The van der Waals surface area contributed by atoms with E-state index in [1.807, 2.05) is 12.1 Å². The minimum Gasteiger partial charge on any atom is -0.313 e. The fourth-order valence-corrected chi connectivity index (χ4v) is 3.48. The number of hydrogen-bond acceptors (Lipinski definition) is 3. The van der Waals surface area contributed by atoms with Gasteiger partial charge < -0.3 is 10.2 Å². The molecule has 0 aliphatic heterocycles. The number of nitrogens with one attached hydrogen (secondary N) is 1. The third-order valence-electron chi connectivity index (χ3n) is 5.43. The van der Waals surface area contributed by atoms with Gasteiger partial charge in [-0.05, 0) is 68.5 Å². The van der Waals surface area contributed by atoms with E-state index in [1.165, 1.54) is 35.8 Å². The highest BCUT2D eigenvalue weighted by Crippen LogP contribution is 2.41. The quantitative estimate of drug-likeness (QED) is 0.806. The van der Waals surface area contributed by atoms with Crippen LogP contribution < -0.4 is 10.2 Å². The number of amides is 1. The summed E-state index contributed by atoms with van der Waals surface area (Å²) in [6.07, 6.45) is 3.93. The zero-order valence-electron chi connectivity index (χ0n) is 15.2. The molecule has 1 aromatic carbocycles. The Morgan fingerprint density at radius 3 is 2.62 bits per heavy atom. The first-order valence-corrected chi connectivity index (χ1v) is 9.27. The van der Waals surface area contributed by atoms with Crippen LogP contribution in [0.15, 0.2) is 36.4 Å². The minimum atomic E-state index is -0.536. The van der Waals surface area contributed by atoms with Crippen molar-refractivity contribution >= 4 is 11.6 Å². The zero-order valence-corrected chi connectivity index (χ0v) is 15.2. The van der Waals surface area contributed by atoms with E-state index in [-0.39, 0.29) is 5.91 Å². The number of carbonyl (C=O) groups excluding carboxylic acids is 1. The second-order valence-corrected chi connectivity index (χ2v) is 7.53. The van der Waals surface area contributed by atoms with E-state index in [2.05, 4.69) is 22.4 Å². The Bertz CT molecular complexity index is 817. The zero-order chi connectivity index (χ0) is 18.3. The lowest BCUT2D eigenvalue weighted by atomic mass is 10.1. The van der Waals surface area contributed by atoms with E-state index in [4.69, 9.17) is 0 Å². The van der Waals surface area contributed by atoms with Crippen molar-refractivity contribution in [3.63, 3.8) is 0 Å². The fourth-order valence-electron chi connectivity index (χ4n) is 3.48. The molecule has 2 aliphatic carbocycles. The van der Waals surface area contributed by atoms with Gasteiger partial charge in [0.1, 0.15) is 0 Å². The van der Waals surface area contributed by atoms with Crippen molar-refractivity contribution in [3.05, 3.63) is 59.2 Å². The van der Waals surface area contributed by atoms with Crippen LogP contribution in [0, 0.1) is 18.8 Å². The predicted octanol–water partition coefficient (Wildman–Crippen LogP) is 3.66. The van der Waals surface area contributed by atoms with Crippen molar-refractivity contribution in [1.82, 2.24) is 10.3 Å². The maximum atomic E-state index is 13.2. The molecule has 1 heterocycles. The largest absolute Gasteiger partial charge is 0.313 e. The summed E-state index contributed by atoms with van der Waals surface area (Å²) in [5, 5.41) is 3.64. The van der Waals surface area contributed by atoms with Gasteiger partial charge >= 0.3 is 0 Å². The van der Waals surface area contributed by atoms with E-state index < -0.39 is 5.95 Å². The van der Waals surface area contributed by atoms with Gasteiger partial charge in [-0.25, -0.2) is 4.98 Å². The second-order valence-electron chi connectivity index (χ2n) is 7.53. The van der Waals surface area contributed by atoms with Crippen molar-refractivity contribution in [2.24, 2.45) is 5.92 Å². The number of rotatable bonds is 6. The molecule has 1 N–H and O–H groups in total. The molecule has 0 bridgehead atoms. The molecule has 2 atom stereocenters. The molecule has 26 heavy (non-hydrogen) atoms.